The molecule has 1 fully saturated rings. The van der Waals surface area contributed by atoms with Crippen LogP contribution in [-0.2, 0) is 43.8 Å². The number of terminal acetylenes is 1. The van der Waals surface area contributed by atoms with E-state index >= 15 is 0 Å². The first-order chi connectivity index (χ1) is 27.6. The Kier molecular flexibility index (Phi) is 19.3. The predicted octanol–water partition coefficient (Wildman–Crippen LogP) is 8.16. The number of nitrogens with zero attached hydrogens (tertiary/aromatic N) is 4. The van der Waals surface area contributed by atoms with Crippen molar-refractivity contribution in [3.05, 3.63) is 48.3 Å². The largest absolute Gasteiger partial charge is 0.465 e. The van der Waals surface area contributed by atoms with Crippen molar-refractivity contribution in [2.24, 2.45) is 0 Å². The molecular formula is C41H60FN6O8P. The Bertz CT molecular complexity index is 1770. The fourth-order valence-electron chi connectivity index (χ4n) is 6.59. The normalized spacial score (nSPS) is 18.2. The molecule has 0 saturated carbocycles. The second kappa shape index (κ2) is 24.1. The lowest BCUT2D eigenvalue weighted by molar-refractivity contribution is -0.146. The molecule has 0 spiro atoms. The lowest BCUT2D eigenvalue weighted by atomic mass is 10.0. The molecule has 4 atom stereocenters. The van der Waals surface area contributed by atoms with Crippen LogP contribution in [0.25, 0.3) is 11.2 Å². The van der Waals surface area contributed by atoms with Crippen LogP contribution >= 0.6 is 7.75 Å². The Morgan fingerprint density at radius 2 is 1.61 bits per heavy atom. The summed E-state index contributed by atoms with van der Waals surface area (Å²) < 4.78 is 59.2. The molecule has 16 heteroatoms. The number of fused-ring (bicyclic) bond motifs is 1. The number of anilines is 1. The first-order valence-electron chi connectivity index (χ1n) is 20.4. The smallest absolute Gasteiger partial charge is 0.406 e. The van der Waals surface area contributed by atoms with E-state index in [4.69, 9.17) is 35.4 Å². The van der Waals surface area contributed by atoms with Crippen LogP contribution in [-0.4, -0.2) is 69.5 Å². The van der Waals surface area contributed by atoms with Crippen molar-refractivity contribution in [1.29, 1.82) is 0 Å². The molecule has 1 aliphatic rings. The molecule has 3 N–H and O–H groups in total. The van der Waals surface area contributed by atoms with Gasteiger partial charge in [-0.2, -0.15) is 14.4 Å². The van der Waals surface area contributed by atoms with E-state index in [0.29, 0.717) is 19.3 Å². The first kappa shape index (κ1) is 45.8. The number of hydrogen-bond donors (Lipinski definition) is 2. The molecule has 57 heavy (non-hydrogen) atoms. The highest BCUT2D eigenvalue weighted by atomic mass is 31.2. The SMILES string of the molecule is C#C[C@@]1(COP(=O)(N[C@@H](Cc2ccccc2)C(=O)OCCCCCCCCC)OCC(=O)OCCCCCCCCC)CC[C@H](n2cnc3c(N)nc(F)nc32)O1. The maximum Gasteiger partial charge on any atom is 0.406 e. The van der Waals surface area contributed by atoms with E-state index in [0.717, 1.165) is 44.1 Å². The number of nitrogen functional groups attached to an aromatic ring is 1. The number of hydrogen-bond acceptors (Lipinski definition) is 12. The molecule has 3 heterocycles. The number of nitrogens with two attached hydrogens (primary N) is 1. The molecular weight excluding hydrogens is 754 g/mol. The van der Waals surface area contributed by atoms with Crippen LogP contribution in [0.15, 0.2) is 36.7 Å². The van der Waals surface area contributed by atoms with E-state index < -0.39 is 56.8 Å². The summed E-state index contributed by atoms with van der Waals surface area (Å²) in [5, 5.41) is 2.77. The lowest BCUT2D eigenvalue weighted by Gasteiger charge is -2.28. The molecule has 0 aliphatic carbocycles. The minimum absolute atomic E-state index is 0.0875. The number of nitrogens with one attached hydrogen (secondary N) is 1. The van der Waals surface area contributed by atoms with Gasteiger partial charge in [-0.3, -0.25) is 18.4 Å². The molecule has 0 amide bonds. The highest BCUT2D eigenvalue weighted by Crippen LogP contribution is 2.48. The standard InChI is InChI=1S/C41H60FN6O8P/c1-4-7-9-11-13-15-20-26-52-35(49)29-54-57(51,47-33(28-32-22-18-17-19-23-32)39(50)53-27-21-16-14-12-10-8-5-2)55-30-41(6-3)25-24-34(56-41)48-31-44-36-37(43)45-40(42)46-38(36)48/h3,17-19,22-23,31,33-34H,4-5,7-16,20-21,24-30H2,1-2H3,(H,47,51)(H2,43,45,46)/t33-,34+,41-,57?/m0/s1. The number of halogens is 1. The molecule has 314 valence electrons. The van der Waals surface area contributed by atoms with Gasteiger partial charge < -0.3 is 19.9 Å². The summed E-state index contributed by atoms with van der Waals surface area (Å²) in [5.74, 6) is 1.09. The fourth-order valence-corrected chi connectivity index (χ4v) is 8.04. The van der Waals surface area contributed by atoms with E-state index in [-0.39, 0.29) is 43.0 Å². The molecule has 1 aromatic carbocycles. The lowest BCUT2D eigenvalue weighted by Crippen LogP contribution is -2.41. The highest BCUT2D eigenvalue weighted by molar-refractivity contribution is 7.51. The van der Waals surface area contributed by atoms with Crippen LogP contribution in [0.5, 0.6) is 0 Å². The van der Waals surface area contributed by atoms with Crippen molar-refractivity contribution in [2.75, 3.05) is 32.2 Å². The zero-order valence-corrected chi connectivity index (χ0v) is 34.4. The van der Waals surface area contributed by atoms with Gasteiger partial charge in [-0.25, -0.2) is 19.4 Å². The highest BCUT2D eigenvalue weighted by Gasteiger charge is 2.44. The number of carbonyl (C=O) groups excluding carboxylic acids is 2. The summed E-state index contributed by atoms with van der Waals surface area (Å²) in [4.78, 5) is 38.0. The molecule has 2 aromatic heterocycles. The van der Waals surface area contributed by atoms with Crippen LogP contribution < -0.4 is 10.8 Å². The van der Waals surface area contributed by atoms with Crippen LogP contribution in [0.1, 0.15) is 128 Å². The Morgan fingerprint density at radius 3 is 2.26 bits per heavy atom. The van der Waals surface area contributed by atoms with Gasteiger partial charge in [-0.1, -0.05) is 127 Å². The van der Waals surface area contributed by atoms with Crippen LogP contribution in [0.3, 0.4) is 0 Å². The quantitative estimate of drug-likeness (QED) is 0.0236. The molecule has 0 radical (unpaired) electrons. The summed E-state index contributed by atoms with van der Waals surface area (Å²) in [6.07, 6.45) is 20.9. The minimum atomic E-state index is -4.51. The second-order valence-corrected chi connectivity index (χ2v) is 16.3. The van der Waals surface area contributed by atoms with Gasteiger partial charge in [0.15, 0.2) is 29.2 Å². The molecule has 0 bridgehead atoms. The molecule has 1 saturated heterocycles. The third-order valence-corrected chi connectivity index (χ3v) is 11.4. The topological polar surface area (TPSA) is 179 Å². The Balaban J connectivity index is 1.46. The van der Waals surface area contributed by atoms with Gasteiger partial charge in [0, 0.05) is 0 Å². The van der Waals surface area contributed by atoms with Crippen molar-refractivity contribution < 1.29 is 41.8 Å². The molecule has 1 aliphatic heterocycles. The van der Waals surface area contributed by atoms with Crippen LogP contribution in [0.2, 0.25) is 0 Å². The third kappa shape index (κ3) is 15.1. The van der Waals surface area contributed by atoms with Gasteiger partial charge in [0.2, 0.25) is 0 Å². The van der Waals surface area contributed by atoms with E-state index in [2.05, 4.69) is 39.8 Å². The number of unbranched alkanes of at least 4 members (excludes halogenated alkanes) is 12. The zero-order chi connectivity index (χ0) is 40.9. The number of rotatable bonds is 28. The summed E-state index contributed by atoms with van der Waals surface area (Å²) in [6, 6.07) is 7.98. The maximum atomic E-state index is 14.6. The van der Waals surface area contributed by atoms with Gasteiger partial charge in [0.05, 0.1) is 26.1 Å². The van der Waals surface area contributed by atoms with Crippen molar-refractivity contribution in [3.63, 3.8) is 0 Å². The molecule has 3 aromatic rings. The summed E-state index contributed by atoms with van der Waals surface area (Å²) in [7, 11) is -4.51. The van der Waals surface area contributed by atoms with Gasteiger partial charge in [0.1, 0.15) is 12.3 Å². The van der Waals surface area contributed by atoms with E-state index in [1.807, 2.05) is 30.3 Å². The Labute approximate surface area is 336 Å². The number of carbonyl (C=O) groups is 2. The van der Waals surface area contributed by atoms with Crippen molar-refractivity contribution >= 4 is 36.7 Å². The Morgan fingerprint density at radius 1 is 0.982 bits per heavy atom. The number of imidazole rings is 1. The number of ether oxygens (including phenoxy) is 3. The molecule has 4 rings (SSSR count). The second-order valence-electron chi connectivity index (χ2n) is 14.5. The summed E-state index contributed by atoms with van der Waals surface area (Å²) in [5.41, 5.74) is 5.48. The van der Waals surface area contributed by atoms with E-state index in [9.17, 15) is 18.5 Å². The predicted molar refractivity (Wildman–Crippen MR) is 215 cm³/mol. The monoisotopic (exact) mass is 814 g/mol. The molecule has 1 unspecified atom stereocenters. The molecule has 14 nitrogen and oxygen atoms in total. The van der Waals surface area contributed by atoms with Crippen molar-refractivity contribution in [2.45, 2.75) is 141 Å². The van der Waals surface area contributed by atoms with Crippen molar-refractivity contribution in [1.82, 2.24) is 24.6 Å². The van der Waals surface area contributed by atoms with Crippen molar-refractivity contribution in [3.8, 4) is 12.3 Å². The van der Waals surface area contributed by atoms with E-state index in [1.165, 1.54) is 49.4 Å². The zero-order valence-electron chi connectivity index (χ0n) is 33.5. The van der Waals surface area contributed by atoms with Gasteiger partial charge in [-0.05, 0) is 37.7 Å². The van der Waals surface area contributed by atoms with Gasteiger partial charge in [-0.15, -0.1) is 6.42 Å². The average Bonchev–Trinajstić information content (AvgIpc) is 3.84. The van der Waals surface area contributed by atoms with Crippen LogP contribution in [0, 0.1) is 18.4 Å². The van der Waals surface area contributed by atoms with Gasteiger partial charge >= 0.3 is 25.8 Å². The summed E-state index contributed by atoms with van der Waals surface area (Å²) >= 11 is 0. The van der Waals surface area contributed by atoms with E-state index in [1.54, 1.807) is 0 Å². The third-order valence-electron chi connectivity index (χ3n) is 9.86. The van der Waals surface area contributed by atoms with Gasteiger partial charge in [0.25, 0.3) is 0 Å². The average molecular weight is 815 g/mol. The van der Waals surface area contributed by atoms with Crippen LogP contribution in [0.4, 0.5) is 10.2 Å². The Hall–Kier alpha value is -3.93. The summed E-state index contributed by atoms with van der Waals surface area (Å²) in [6.45, 7) is 3.54. The number of aromatic nitrogens is 4. The fraction of sp³-hybridized carbons (Fsp3) is 0.634. The number of esters is 2. The minimum Gasteiger partial charge on any atom is -0.465 e. The first-order valence-corrected chi connectivity index (χ1v) is 22.0. The maximum absolute atomic E-state index is 14.6. The number of benzene rings is 1.